The second-order valence-electron chi connectivity index (χ2n) is 4.22. The zero-order valence-electron chi connectivity index (χ0n) is 9.99. The van der Waals surface area contributed by atoms with Gasteiger partial charge in [0.05, 0.1) is 6.42 Å². The molecule has 0 aromatic heterocycles. The van der Waals surface area contributed by atoms with Gasteiger partial charge in [0.25, 0.3) is 0 Å². The molecule has 0 aliphatic carbocycles. The maximum atomic E-state index is 11.6. The molecule has 1 amide bonds. The molecule has 88 valence electrons. The van der Waals surface area contributed by atoms with Crippen molar-refractivity contribution >= 4 is 5.91 Å². The molecule has 0 bridgehead atoms. The second kappa shape index (κ2) is 6.28. The molecule has 0 radical (unpaired) electrons. The summed E-state index contributed by atoms with van der Waals surface area (Å²) in [6.45, 7) is 4.61. The number of hydrogen-bond donors (Lipinski definition) is 2. The Kier molecular flexibility index (Phi) is 4.99. The minimum absolute atomic E-state index is 0.0648. The second-order valence-corrected chi connectivity index (χ2v) is 4.22. The van der Waals surface area contributed by atoms with Crippen LogP contribution in [0.25, 0.3) is 0 Å². The molecule has 0 saturated carbocycles. The van der Waals surface area contributed by atoms with Crippen LogP contribution in [0.4, 0.5) is 0 Å². The summed E-state index contributed by atoms with van der Waals surface area (Å²) in [5, 5.41) is 2.87. The van der Waals surface area contributed by atoms with Crippen molar-refractivity contribution in [2.45, 2.75) is 32.7 Å². The summed E-state index contributed by atoms with van der Waals surface area (Å²) in [7, 11) is 0. The number of nitrogens with two attached hydrogens (primary N) is 1. The van der Waals surface area contributed by atoms with Crippen molar-refractivity contribution in [3.05, 3.63) is 35.4 Å². The molecule has 0 heterocycles. The quantitative estimate of drug-likeness (QED) is 0.788. The monoisotopic (exact) mass is 220 g/mol. The van der Waals surface area contributed by atoms with Gasteiger partial charge in [-0.05, 0) is 31.4 Å². The van der Waals surface area contributed by atoms with Crippen molar-refractivity contribution in [3.63, 3.8) is 0 Å². The van der Waals surface area contributed by atoms with Crippen LogP contribution in [0.1, 0.15) is 24.5 Å². The van der Waals surface area contributed by atoms with Crippen LogP contribution in [0.15, 0.2) is 24.3 Å². The number of nitrogens with one attached hydrogen (secondary N) is 1. The highest BCUT2D eigenvalue weighted by atomic mass is 16.1. The van der Waals surface area contributed by atoms with E-state index in [1.54, 1.807) is 0 Å². The van der Waals surface area contributed by atoms with Crippen molar-refractivity contribution in [1.82, 2.24) is 5.32 Å². The summed E-state index contributed by atoms with van der Waals surface area (Å²) >= 11 is 0. The molecule has 3 heteroatoms. The number of carbonyl (C=O) groups is 1. The lowest BCUT2D eigenvalue weighted by molar-refractivity contribution is -0.120. The van der Waals surface area contributed by atoms with Gasteiger partial charge in [-0.2, -0.15) is 0 Å². The fraction of sp³-hybridized carbons (Fsp3) is 0.462. The van der Waals surface area contributed by atoms with Gasteiger partial charge in [0.15, 0.2) is 0 Å². The minimum Gasteiger partial charge on any atom is -0.356 e. The third kappa shape index (κ3) is 4.45. The van der Waals surface area contributed by atoms with Gasteiger partial charge in [0.2, 0.25) is 5.91 Å². The summed E-state index contributed by atoms with van der Waals surface area (Å²) < 4.78 is 0. The van der Waals surface area contributed by atoms with Crippen LogP contribution < -0.4 is 11.1 Å². The van der Waals surface area contributed by atoms with E-state index in [0.29, 0.717) is 13.0 Å². The third-order valence-electron chi connectivity index (χ3n) is 2.53. The molecule has 1 unspecified atom stereocenters. The number of amides is 1. The van der Waals surface area contributed by atoms with Gasteiger partial charge in [-0.15, -0.1) is 0 Å². The molecule has 0 aliphatic heterocycles. The fourth-order valence-corrected chi connectivity index (χ4v) is 1.48. The van der Waals surface area contributed by atoms with Crippen LogP contribution >= 0.6 is 0 Å². The average molecular weight is 220 g/mol. The molecule has 0 fully saturated rings. The van der Waals surface area contributed by atoms with E-state index in [4.69, 9.17) is 5.73 Å². The van der Waals surface area contributed by atoms with E-state index in [9.17, 15) is 4.79 Å². The lowest BCUT2D eigenvalue weighted by Gasteiger charge is -2.08. The van der Waals surface area contributed by atoms with E-state index in [1.807, 2.05) is 38.1 Å². The molecule has 1 aromatic rings. The molecule has 3 nitrogen and oxygen atoms in total. The van der Waals surface area contributed by atoms with Crippen LogP contribution in [-0.2, 0) is 11.2 Å². The van der Waals surface area contributed by atoms with Gasteiger partial charge >= 0.3 is 0 Å². The summed E-state index contributed by atoms with van der Waals surface area (Å²) in [6, 6.07) is 8.08. The highest BCUT2D eigenvalue weighted by Gasteiger charge is 2.04. The molecular formula is C13H20N2O. The zero-order chi connectivity index (χ0) is 12.0. The van der Waals surface area contributed by atoms with Gasteiger partial charge in [-0.25, -0.2) is 0 Å². The van der Waals surface area contributed by atoms with E-state index in [0.717, 1.165) is 17.5 Å². The Balaban J connectivity index is 2.37. The molecule has 0 aliphatic rings. The largest absolute Gasteiger partial charge is 0.356 e. The molecule has 3 N–H and O–H groups in total. The van der Waals surface area contributed by atoms with Crippen LogP contribution in [0, 0.1) is 6.92 Å². The molecule has 1 aromatic carbocycles. The standard InChI is InChI=1S/C13H20N2O/c1-10-5-3-4-6-12(10)9-13(16)15-8-7-11(2)14/h3-6,11H,7-9,14H2,1-2H3,(H,15,16). The predicted molar refractivity (Wildman–Crippen MR) is 66.2 cm³/mol. The van der Waals surface area contributed by atoms with E-state index < -0.39 is 0 Å². The van der Waals surface area contributed by atoms with E-state index in [2.05, 4.69) is 5.32 Å². The Morgan fingerprint density at radius 1 is 1.44 bits per heavy atom. The maximum absolute atomic E-state index is 11.6. The van der Waals surface area contributed by atoms with E-state index in [1.165, 1.54) is 0 Å². The van der Waals surface area contributed by atoms with Crippen LogP contribution in [0.2, 0.25) is 0 Å². The van der Waals surface area contributed by atoms with Crippen molar-refractivity contribution in [2.75, 3.05) is 6.54 Å². The smallest absolute Gasteiger partial charge is 0.224 e. The van der Waals surface area contributed by atoms with Crippen molar-refractivity contribution in [1.29, 1.82) is 0 Å². The summed E-state index contributed by atoms with van der Waals surface area (Å²) in [5.41, 5.74) is 7.85. The molecule has 16 heavy (non-hydrogen) atoms. The number of hydrogen-bond acceptors (Lipinski definition) is 2. The van der Waals surface area contributed by atoms with E-state index >= 15 is 0 Å². The molecule has 0 saturated heterocycles. The lowest BCUT2D eigenvalue weighted by atomic mass is 10.1. The summed E-state index contributed by atoms with van der Waals surface area (Å²) in [6.07, 6.45) is 1.27. The SMILES string of the molecule is Cc1ccccc1CC(=O)NCCC(C)N. The Hall–Kier alpha value is -1.35. The van der Waals surface area contributed by atoms with Crippen molar-refractivity contribution in [2.24, 2.45) is 5.73 Å². The van der Waals surface area contributed by atoms with Gasteiger partial charge < -0.3 is 11.1 Å². The van der Waals surface area contributed by atoms with Gasteiger partial charge in [0.1, 0.15) is 0 Å². The Bertz CT molecular complexity index is 348. The Morgan fingerprint density at radius 2 is 2.12 bits per heavy atom. The van der Waals surface area contributed by atoms with Crippen LogP contribution in [-0.4, -0.2) is 18.5 Å². The van der Waals surface area contributed by atoms with Crippen molar-refractivity contribution < 1.29 is 4.79 Å². The number of rotatable bonds is 5. The first-order chi connectivity index (χ1) is 7.59. The Morgan fingerprint density at radius 3 is 2.75 bits per heavy atom. The average Bonchev–Trinajstić information content (AvgIpc) is 2.21. The fourth-order valence-electron chi connectivity index (χ4n) is 1.48. The number of benzene rings is 1. The maximum Gasteiger partial charge on any atom is 0.224 e. The van der Waals surface area contributed by atoms with Gasteiger partial charge in [0, 0.05) is 12.6 Å². The Labute approximate surface area is 97.0 Å². The van der Waals surface area contributed by atoms with Crippen molar-refractivity contribution in [3.8, 4) is 0 Å². The first-order valence-corrected chi connectivity index (χ1v) is 5.66. The number of carbonyl (C=O) groups excluding carboxylic acids is 1. The van der Waals surface area contributed by atoms with Gasteiger partial charge in [-0.1, -0.05) is 24.3 Å². The lowest BCUT2D eigenvalue weighted by Crippen LogP contribution is -2.30. The van der Waals surface area contributed by atoms with E-state index in [-0.39, 0.29) is 11.9 Å². The molecule has 1 rings (SSSR count). The first kappa shape index (κ1) is 12.7. The molecular weight excluding hydrogens is 200 g/mol. The third-order valence-corrected chi connectivity index (χ3v) is 2.53. The van der Waals surface area contributed by atoms with Crippen LogP contribution in [0.3, 0.4) is 0 Å². The highest BCUT2D eigenvalue weighted by Crippen LogP contribution is 2.07. The highest BCUT2D eigenvalue weighted by molar-refractivity contribution is 5.78. The van der Waals surface area contributed by atoms with Gasteiger partial charge in [-0.3, -0.25) is 4.79 Å². The molecule has 0 spiro atoms. The number of aryl methyl sites for hydroxylation is 1. The summed E-state index contributed by atoms with van der Waals surface area (Å²) in [4.78, 5) is 11.6. The normalized spacial score (nSPS) is 12.2. The molecule has 1 atom stereocenters. The zero-order valence-corrected chi connectivity index (χ0v) is 9.99. The predicted octanol–water partition coefficient (Wildman–Crippen LogP) is 1.39. The first-order valence-electron chi connectivity index (χ1n) is 5.66. The topological polar surface area (TPSA) is 55.1 Å². The van der Waals surface area contributed by atoms with Crippen LogP contribution in [0.5, 0.6) is 0 Å². The summed E-state index contributed by atoms with van der Waals surface area (Å²) in [5.74, 6) is 0.0648. The minimum atomic E-state index is 0.0648.